The zero-order valence-corrected chi connectivity index (χ0v) is 14.7. The molecule has 0 unspecified atom stereocenters. The van der Waals surface area contributed by atoms with Crippen molar-refractivity contribution in [1.29, 1.82) is 0 Å². The lowest BCUT2D eigenvalue weighted by molar-refractivity contribution is -0.122. The van der Waals surface area contributed by atoms with Crippen molar-refractivity contribution < 1.29 is 14.0 Å². The monoisotopic (exact) mass is 406 g/mol. The summed E-state index contributed by atoms with van der Waals surface area (Å²) in [6, 6.07) is 13.5. The second kappa shape index (κ2) is 7.19. The van der Waals surface area contributed by atoms with Crippen LogP contribution in [0.1, 0.15) is 5.56 Å². The van der Waals surface area contributed by atoms with Crippen LogP contribution in [0.25, 0.3) is 6.08 Å². The number of benzene rings is 2. The van der Waals surface area contributed by atoms with Crippen LogP contribution in [0.4, 0.5) is 14.9 Å². The van der Waals surface area contributed by atoms with Crippen molar-refractivity contribution in [3.8, 4) is 0 Å². The van der Waals surface area contributed by atoms with E-state index in [4.69, 9.17) is 0 Å². The summed E-state index contributed by atoms with van der Waals surface area (Å²) < 4.78 is 14.4. The van der Waals surface area contributed by atoms with E-state index in [1.807, 2.05) is 24.3 Å². The zero-order chi connectivity index (χ0) is 17.1. The summed E-state index contributed by atoms with van der Waals surface area (Å²) >= 11 is 4.27. The molecule has 1 aliphatic heterocycles. The van der Waals surface area contributed by atoms with Crippen molar-refractivity contribution in [3.63, 3.8) is 0 Å². The molecular weight excluding hydrogens is 395 g/mol. The number of nitrogens with one attached hydrogen (secondary N) is 1. The van der Waals surface area contributed by atoms with E-state index < -0.39 is 11.7 Å². The maximum atomic E-state index is 13.6. The van der Waals surface area contributed by atoms with Gasteiger partial charge in [-0.1, -0.05) is 46.3 Å². The molecule has 1 N–H and O–H groups in total. The number of carbonyl (C=O) groups is 2. The SMILES string of the molecule is O=C1S/C(=C\c2ccccc2Br)C(=O)N1CNc1ccccc1F. The Morgan fingerprint density at radius 3 is 2.58 bits per heavy atom. The van der Waals surface area contributed by atoms with E-state index >= 15 is 0 Å². The third kappa shape index (κ3) is 3.52. The summed E-state index contributed by atoms with van der Waals surface area (Å²) in [5.41, 5.74) is 1.05. The number of imide groups is 1. The Bertz CT molecular complexity index is 841. The Hall–Kier alpha value is -2.12. The average Bonchev–Trinajstić information content (AvgIpc) is 2.83. The number of nitrogens with zero attached hydrogens (tertiary/aromatic N) is 1. The van der Waals surface area contributed by atoms with E-state index in [0.717, 1.165) is 26.7 Å². The fourth-order valence-corrected chi connectivity index (χ4v) is 3.37. The summed E-state index contributed by atoms with van der Waals surface area (Å²) in [6.45, 7) is -0.0844. The minimum atomic E-state index is -0.437. The molecule has 1 aliphatic rings. The molecule has 0 aliphatic carbocycles. The lowest BCUT2D eigenvalue weighted by Crippen LogP contribution is -2.33. The second-order valence-electron chi connectivity index (χ2n) is 4.95. The number of anilines is 1. The van der Waals surface area contributed by atoms with Crippen LogP contribution in [-0.2, 0) is 4.79 Å². The molecule has 0 aromatic heterocycles. The van der Waals surface area contributed by atoms with Gasteiger partial charge in [0.1, 0.15) is 5.82 Å². The molecule has 1 saturated heterocycles. The van der Waals surface area contributed by atoms with Crippen LogP contribution in [0.2, 0.25) is 0 Å². The first-order chi connectivity index (χ1) is 11.6. The number of halogens is 2. The lowest BCUT2D eigenvalue weighted by atomic mass is 10.2. The first kappa shape index (κ1) is 16.7. The van der Waals surface area contributed by atoms with Gasteiger partial charge in [-0.25, -0.2) is 4.39 Å². The minimum absolute atomic E-state index is 0.0844. The first-order valence-corrected chi connectivity index (χ1v) is 8.65. The van der Waals surface area contributed by atoms with E-state index in [1.54, 1.807) is 24.3 Å². The van der Waals surface area contributed by atoms with Gasteiger partial charge in [-0.15, -0.1) is 0 Å². The van der Waals surface area contributed by atoms with Crippen LogP contribution in [0, 0.1) is 5.82 Å². The molecule has 1 fully saturated rings. The summed E-state index contributed by atoms with van der Waals surface area (Å²) in [5, 5.41) is 2.38. The number of rotatable bonds is 4. The van der Waals surface area contributed by atoms with Crippen molar-refractivity contribution in [2.24, 2.45) is 0 Å². The highest BCUT2D eigenvalue weighted by atomic mass is 79.9. The van der Waals surface area contributed by atoms with Gasteiger partial charge in [0.25, 0.3) is 11.1 Å². The minimum Gasteiger partial charge on any atom is -0.365 e. The number of hydrogen-bond donors (Lipinski definition) is 1. The molecule has 0 atom stereocenters. The Balaban J connectivity index is 1.75. The number of hydrogen-bond acceptors (Lipinski definition) is 4. The molecule has 0 saturated carbocycles. The van der Waals surface area contributed by atoms with E-state index in [1.165, 1.54) is 6.07 Å². The summed E-state index contributed by atoms with van der Waals surface area (Å²) in [4.78, 5) is 25.9. The van der Waals surface area contributed by atoms with Gasteiger partial charge >= 0.3 is 0 Å². The summed E-state index contributed by atoms with van der Waals surface area (Å²) in [6.07, 6.45) is 1.66. The Labute approximate surface area is 150 Å². The predicted octanol–water partition coefficient (Wildman–Crippen LogP) is 4.69. The van der Waals surface area contributed by atoms with Crippen LogP contribution in [0.3, 0.4) is 0 Å². The molecule has 7 heteroatoms. The number of para-hydroxylation sites is 1. The van der Waals surface area contributed by atoms with Gasteiger partial charge in [0.2, 0.25) is 0 Å². The van der Waals surface area contributed by atoms with Crippen LogP contribution in [0.15, 0.2) is 57.9 Å². The zero-order valence-electron chi connectivity index (χ0n) is 12.3. The van der Waals surface area contributed by atoms with Gasteiger partial charge in [0, 0.05) is 4.47 Å². The maximum Gasteiger partial charge on any atom is 0.295 e. The largest absolute Gasteiger partial charge is 0.365 e. The van der Waals surface area contributed by atoms with Crippen LogP contribution < -0.4 is 5.32 Å². The maximum absolute atomic E-state index is 13.6. The molecule has 0 radical (unpaired) electrons. The highest BCUT2D eigenvalue weighted by Crippen LogP contribution is 2.33. The lowest BCUT2D eigenvalue weighted by Gasteiger charge is -2.14. The highest BCUT2D eigenvalue weighted by molar-refractivity contribution is 9.10. The van der Waals surface area contributed by atoms with Crippen molar-refractivity contribution in [1.82, 2.24) is 4.90 Å². The number of carbonyl (C=O) groups excluding carboxylic acids is 2. The molecule has 0 bridgehead atoms. The second-order valence-corrected chi connectivity index (χ2v) is 6.79. The van der Waals surface area contributed by atoms with Crippen LogP contribution >= 0.6 is 27.7 Å². The van der Waals surface area contributed by atoms with Gasteiger partial charge < -0.3 is 5.32 Å². The van der Waals surface area contributed by atoms with Crippen LogP contribution in [-0.4, -0.2) is 22.7 Å². The molecule has 2 amide bonds. The highest BCUT2D eigenvalue weighted by Gasteiger charge is 2.35. The van der Waals surface area contributed by atoms with Crippen molar-refractivity contribution in [2.45, 2.75) is 0 Å². The third-order valence-corrected chi connectivity index (χ3v) is 5.00. The Morgan fingerprint density at radius 2 is 1.83 bits per heavy atom. The molecular formula is C17H12BrFN2O2S. The van der Waals surface area contributed by atoms with Gasteiger partial charge in [0.05, 0.1) is 17.3 Å². The van der Waals surface area contributed by atoms with Crippen molar-refractivity contribution in [3.05, 3.63) is 69.3 Å². The van der Waals surface area contributed by atoms with E-state index in [0.29, 0.717) is 4.91 Å². The van der Waals surface area contributed by atoms with Gasteiger partial charge in [-0.2, -0.15) is 0 Å². The molecule has 3 rings (SSSR count). The molecule has 2 aromatic rings. The smallest absolute Gasteiger partial charge is 0.295 e. The van der Waals surface area contributed by atoms with Gasteiger partial charge in [0.15, 0.2) is 0 Å². The number of thioether (sulfide) groups is 1. The molecule has 4 nitrogen and oxygen atoms in total. The quantitative estimate of drug-likeness (QED) is 0.747. The number of amides is 2. The molecule has 2 aromatic carbocycles. The van der Waals surface area contributed by atoms with Crippen LogP contribution in [0.5, 0.6) is 0 Å². The normalized spacial score (nSPS) is 16.1. The van der Waals surface area contributed by atoms with Gasteiger partial charge in [-0.05, 0) is 41.6 Å². The fourth-order valence-electron chi connectivity index (χ4n) is 2.14. The molecule has 0 spiro atoms. The van der Waals surface area contributed by atoms with Crippen molar-refractivity contribution >= 4 is 50.6 Å². The van der Waals surface area contributed by atoms with E-state index in [-0.39, 0.29) is 17.6 Å². The van der Waals surface area contributed by atoms with Crippen molar-refractivity contribution in [2.75, 3.05) is 12.0 Å². The molecule has 1 heterocycles. The topological polar surface area (TPSA) is 49.4 Å². The van der Waals surface area contributed by atoms with Gasteiger partial charge in [-0.3, -0.25) is 14.5 Å². The standard InChI is InChI=1S/C17H12BrFN2O2S/c18-12-6-2-1-5-11(12)9-15-16(22)21(17(23)24-15)10-20-14-8-4-3-7-13(14)19/h1-9,20H,10H2/b15-9-. The Kier molecular flexibility index (Phi) is 5.01. The van der Waals surface area contributed by atoms with E-state index in [2.05, 4.69) is 21.2 Å². The third-order valence-electron chi connectivity index (χ3n) is 3.37. The molecule has 24 heavy (non-hydrogen) atoms. The Morgan fingerprint density at radius 1 is 1.12 bits per heavy atom. The summed E-state index contributed by atoms with van der Waals surface area (Å²) in [7, 11) is 0. The first-order valence-electron chi connectivity index (χ1n) is 7.04. The predicted molar refractivity (Wildman–Crippen MR) is 96.8 cm³/mol. The molecule has 122 valence electrons. The average molecular weight is 407 g/mol. The van der Waals surface area contributed by atoms with E-state index in [9.17, 15) is 14.0 Å². The summed E-state index contributed by atoms with van der Waals surface area (Å²) in [5.74, 6) is -0.835. The fraction of sp³-hybridized carbons (Fsp3) is 0.0588.